The van der Waals surface area contributed by atoms with E-state index in [4.69, 9.17) is 26.8 Å². The summed E-state index contributed by atoms with van der Waals surface area (Å²) in [5, 5.41) is -0.263. The Hall–Kier alpha value is -2.72. The van der Waals surface area contributed by atoms with E-state index in [0.717, 1.165) is 16.7 Å². The SMILES string of the molecule is N[C@@H]1C(=O)N2C(C(=O)OC(c3ccccc3)c3ccccc3)=C(CSC3=C(Cl)C(=O)OC3)CS[C@H]12. The Balaban J connectivity index is 1.47. The van der Waals surface area contributed by atoms with Crippen LogP contribution >= 0.6 is 35.1 Å². The van der Waals surface area contributed by atoms with Gasteiger partial charge in [-0.3, -0.25) is 9.69 Å². The Morgan fingerprint density at radius 3 is 2.34 bits per heavy atom. The smallest absolute Gasteiger partial charge is 0.356 e. The monoisotopic (exact) mass is 528 g/mol. The Labute approximate surface area is 215 Å². The van der Waals surface area contributed by atoms with Crippen LogP contribution in [0.5, 0.6) is 0 Å². The van der Waals surface area contributed by atoms with Gasteiger partial charge in [-0.25, -0.2) is 9.59 Å². The Kier molecular flexibility index (Phi) is 6.93. The minimum absolute atomic E-state index is 0.0522. The van der Waals surface area contributed by atoms with Gasteiger partial charge in [0.1, 0.15) is 28.8 Å². The average molecular weight is 529 g/mol. The number of carbonyl (C=O) groups excluding carboxylic acids is 3. The minimum Gasteiger partial charge on any atom is -0.456 e. The zero-order valence-electron chi connectivity index (χ0n) is 18.4. The van der Waals surface area contributed by atoms with Crippen LogP contribution in [0.25, 0.3) is 0 Å². The maximum absolute atomic E-state index is 13.7. The number of esters is 2. The van der Waals surface area contributed by atoms with Gasteiger partial charge in [0.05, 0.1) is 0 Å². The fraction of sp³-hybridized carbons (Fsp3) is 0.240. The number of thioether (sulfide) groups is 2. The molecule has 5 rings (SSSR count). The zero-order valence-corrected chi connectivity index (χ0v) is 20.8. The summed E-state index contributed by atoms with van der Waals surface area (Å²) in [5.74, 6) is -0.613. The quantitative estimate of drug-likeness (QED) is 0.430. The number of benzene rings is 2. The van der Waals surface area contributed by atoms with Crippen LogP contribution in [0, 0.1) is 0 Å². The molecule has 1 saturated heterocycles. The highest BCUT2D eigenvalue weighted by Gasteiger charge is 2.52. The first-order valence-electron chi connectivity index (χ1n) is 10.9. The third-order valence-electron chi connectivity index (χ3n) is 5.89. The molecule has 0 radical (unpaired) electrons. The van der Waals surface area contributed by atoms with Crippen molar-refractivity contribution >= 4 is 53.0 Å². The maximum atomic E-state index is 13.7. The van der Waals surface area contributed by atoms with E-state index in [2.05, 4.69) is 0 Å². The first kappa shape index (κ1) is 24.0. The third-order valence-corrected chi connectivity index (χ3v) is 8.91. The van der Waals surface area contributed by atoms with E-state index in [1.165, 1.54) is 28.4 Å². The van der Waals surface area contributed by atoms with Crippen LogP contribution in [0.1, 0.15) is 17.2 Å². The van der Waals surface area contributed by atoms with E-state index in [0.29, 0.717) is 16.4 Å². The molecule has 0 aromatic heterocycles. The molecule has 0 aliphatic carbocycles. The fourth-order valence-corrected chi connectivity index (χ4v) is 6.71. The number of amides is 1. The molecular weight excluding hydrogens is 508 g/mol. The van der Waals surface area contributed by atoms with Gasteiger partial charge in [-0.2, -0.15) is 0 Å². The Bertz CT molecular complexity index is 1200. The molecule has 180 valence electrons. The van der Waals surface area contributed by atoms with Crippen LogP contribution in [0.3, 0.4) is 0 Å². The summed E-state index contributed by atoms with van der Waals surface area (Å²) in [5.41, 5.74) is 8.57. The lowest BCUT2D eigenvalue weighted by molar-refractivity contribution is -0.153. The number of rotatable bonds is 7. The number of nitrogens with zero attached hydrogens (tertiary/aromatic N) is 1. The molecular formula is C25H21ClN2O5S2. The molecule has 1 fully saturated rings. The van der Waals surface area contributed by atoms with Crippen LogP contribution in [-0.4, -0.2) is 52.3 Å². The summed E-state index contributed by atoms with van der Waals surface area (Å²) < 4.78 is 11.0. The summed E-state index contributed by atoms with van der Waals surface area (Å²) in [6, 6.07) is 18.2. The van der Waals surface area contributed by atoms with Gasteiger partial charge in [-0.1, -0.05) is 72.3 Å². The summed E-state index contributed by atoms with van der Waals surface area (Å²) in [6.45, 7) is 0.1000. The minimum atomic E-state index is -0.658. The predicted molar refractivity (Wildman–Crippen MR) is 135 cm³/mol. The van der Waals surface area contributed by atoms with Crippen molar-refractivity contribution < 1.29 is 23.9 Å². The zero-order chi connectivity index (χ0) is 24.5. The standard InChI is InChI=1S/C25H21ClN2O5S2/c26-18-17(11-32-24(18)30)34-12-16-13-35-23-19(27)22(29)28(23)20(16)25(31)33-21(14-7-3-1-4-8-14)15-9-5-2-6-10-15/h1-10,19,21,23H,11-13,27H2/t19-,23-/m1/s1. The van der Waals surface area contributed by atoms with Gasteiger partial charge in [0.15, 0.2) is 6.10 Å². The lowest BCUT2D eigenvalue weighted by Crippen LogP contribution is -2.68. The first-order valence-corrected chi connectivity index (χ1v) is 13.3. The van der Waals surface area contributed by atoms with E-state index in [9.17, 15) is 14.4 Å². The van der Waals surface area contributed by atoms with Crippen LogP contribution in [0.4, 0.5) is 0 Å². The molecule has 10 heteroatoms. The summed E-state index contributed by atoms with van der Waals surface area (Å²) >= 11 is 8.87. The number of nitrogens with two attached hydrogens (primary N) is 1. The lowest BCUT2D eigenvalue weighted by atomic mass is 10.0. The Morgan fingerprint density at radius 2 is 1.77 bits per heavy atom. The average Bonchev–Trinajstić information content (AvgIpc) is 3.22. The molecule has 35 heavy (non-hydrogen) atoms. The molecule has 3 heterocycles. The van der Waals surface area contributed by atoms with Gasteiger partial charge in [-0.05, 0) is 16.7 Å². The molecule has 0 saturated carbocycles. The number of cyclic esters (lactones) is 1. The molecule has 0 bridgehead atoms. The van der Waals surface area contributed by atoms with Crippen molar-refractivity contribution in [1.82, 2.24) is 4.90 Å². The van der Waals surface area contributed by atoms with Gasteiger partial charge in [-0.15, -0.1) is 23.5 Å². The topological polar surface area (TPSA) is 98.9 Å². The van der Waals surface area contributed by atoms with Crippen molar-refractivity contribution in [2.45, 2.75) is 17.5 Å². The van der Waals surface area contributed by atoms with Crippen molar-refractivity contribution in [3.63, 3.8) is 0 Å². The van der Waals surface area contributed by atoms with Crippen molar-refractivity contribution in [3.05, 3.63) is 93.0 Å². The largest absolute Gasteiger partial charge is 0.456 e. The van der Waals surface area contributed by atoms with Gasteiger partial charge >= 0.3 is 11.9 Å². The van der Waals surface area contributed by atoms with E-state index in [-0.39, 0.29) is 28.6 Å². The lowest BCUT2D eigenvalue weighted by Gasteiger charge is -2.48. The van der Waals surface area contributed by atoms with Crippen molar-refractivity contribution in [1.29, 1.82) is 0 Å². The van der Waals surface area contributed by atoms with Gasteiger partial charge in [0, 0.05) is 16.4 Å². The molecule has 3 aliphatic rings. The predicted octanol–water partition coefficient (Wildman–Crippen LogP) is 3.56. The van der Waals surface area contributed by atoms with Crippen LogP contribution in [-0.2, 0) is 23.9 Å². The number of carbonyl (C=O) groups is 3. The molecule has 0 spiro atoms. The highest BCUT2D eigenvalue weighted by atomic mass is 35.5. The number of halogens is 1. The fourth-order valence-electron chi connectivity index (χ4n) is 4.08. The highest BCUT2D eigenvalue weighted by Crippen LogP contribution is 2.42. The second-order valence-electron chi connectivity index (χ2n) is 8.10. The number of fused-ring (bicyclic) bond motifs is 1. The van der Waals surface area contributed by atoms with Crippen molar-refractivity contribution in [2.24, 2.45) is 5.73 Å². The molecule has 1 amide bonds. The second kappa shape index (κ2) is 10.1. The summed E-state index contributed by atoms with van der Waals surface area (Å²) in [4.78, 5) is 40.0. The maximum Gasteiger partial charge on any atom is 0.356 e. The summed E-state index contributed by atoms with van der Waals surface area (Å²) in [7, 11) is 0. The van der Waals surface area contributed by atoms with E-state index in [1.807, 2.05) is 60.7 Å². The first-order chi connectivity index (χ1) is 17.0. The highest BCUT2D eigenvalue weighted by molar-refractivity contribution is 8.03. The van der Waals surface area contributed by atoms with E-state index < -0.39 is 24.1 Å². The van der Waals surface area contributed by atoms with Gasteiger partial charge < -0.3 is 15.2 Å². The molecule has 0 unspecified atom stereocenters. The number of β-lactam (4-membered cyclic amide) rings is 1. The second-order valence-corrected chi connectivity index (χ2v) is 10.6. The van der Waals surface area contributed by atoms with Crippen LogP contribution in [0.15, 0.2) is 81.9 Å². The molecule has 2 N–H and O–H groups in total. The Morgan fingerprint density at radius 1 is 1.14 bits per heavy atom. The molecule has 2 aromatic carbocycles. The van der Waals surface area contributed by atoms with E-state index in [1.54, 1.807) is 0 Å². The third kappa shape index (κ3) is 4.61. The molecule has 7 nitrogen and oxygen atoms in total. The van der Waals surface area contributed by atoms with Crippen LogP contribution in [0.2, 0.25) is 0 Å². The molecule has 2 aromatic rings. The van der Waals surface area contributed by atoms with Gasteiger partial charge in [0.2, 0.25) is 5.91 Å². The van der Waals surface area contributed by atoms with Crippen molar-refractivity contribution in [2.75, 3.05) is 18.1 Å². The normalized spacial score (nSPS) is 21.7. The molecule has 3 aliphatic heterocycles. The number of ether oxygens (including phenoxy) is 2. The van der Waals surface area contributed by atoms with Gasteiger partial charge in [0.25, 0.3) is 0 Å². The number of hydrogen-bond donors (Lipinski definition) is 1. The molecule has 2 atom stereocenters. The van der Waals surface area contributed by atoms with Crippen molar-refractivity contribution in [3.8, 4) is 0 Å². The summed E-state index contributed by atoms with van der Waals surface area (Å²) in [6.07, 6.45) is -0.651. The number of hydrogen-bond acceptors (Lipinski definition) is 8. The van der Waals surface area contributed by atoms with E-state index >= 15 is 0 Å². The van der Waals surface area contributed by atoms with Crippen LogP contribution < -0.4 is 5.73 Å².